The summed E-state index contributed by atoms with van der Waals surface area (Å²) in [5, 5.41) is 2.39. The number of carbonyl (C=O) groups is 2. The zero-order valence-corrected chi connectivity index (χ0v) is 14.0. The van der Waals surface area contributed by atoms with E-state index in [9.17, 15) is 9.59 Å². The molecule has 1 fully saturated rings. The number of hydrogen-bond donors (Lipinski definition) is 2. The van der Waals surface area contributed by atoms with Gasteiger partial charge in [0.15, 0.2) is 0 Å². The van der Waals surface area contributed by atoms with Crippen molar-refractivity contribution in [1.29, 1.82) is 0 Å². The molecule has 1 heterocycles. The molecule has 0 aliphatic carbocycles. The van der Waals surface area contributed by atoms with Crippen LogP contribution in [0.3, 0.4) is 0 Å². The molecule has 130 valence electrons. The molecule has 0 spiro atoms. The molecule has 5 nitrogen and oxygen atoms in total. The molecule has 5 heteroatoms. The summed E-state index contributed by atoms with van der Waals surface area (Å²) < 4.78 is 5.77. The number of piperidine rings is 1. The van der Waals surface area contributed by atoms with Crippen LogP contribution in [0.25, 0.3) is 0 Å². The molecule has 0 bridgehead atoms. The van der Waals surface area contributed by atoms with E-state index in [1.54, 1.807) is 0 Å². The van der Waals surface area contributed by atoms with Gasteiger partial charge in [-0.2, -0.15) is 0 Å². The van der Waals surface area contributed by atoms with Crippen LogP contribution in [0.15, 0.2) is 48.5 Å². The lowest BCUT2D eigenvalue weighted by molar-refractivity contribution is -0.134. The van der Waals surface area contributed by atoms with Gasteiger partial charge in [0.2, 0.25) is 11.8 Å². The quantitative estimate of drug-likeness (QED) is 0.792. The molecule has 1 aliphatic heterocycles. The highest BCUT2D eigenvalue weighted by Crippen LogP contribution is 2.26. The lowest BCUT2D eigenvalue weighted by atomic mass is 9.90. The minimum atomic E-state index is -0.257. The molecular weight excluding hydrogens is 316 g/mol. The zero-order valence-electron chi connectivity index (χ0n) is 14.0. The van der Waals surface area contributed by atoms with E-state index < -0.39 is 0 Å². The van der Waals surface area contributed by atoms with Gasteiger partial charge in [0.25, 0.3) is 0 Å². The smallest absolute Gasteiger partial charge is 0.234 e. The Hall–Kier alpha value is -2.66. The predicted molar refractivity (Wildman–Crippen MR) is 95.1 cm³/mol. The third kappa shape index (κ3) is 4.45. The average molecular weight is 338 g/mol. The van der Waals surface area contributed by atoms with Gasteiger partial charge in [-0.15, -0.1) is 0 Å². The molecule has 0 radical (unpaired) electrons. The van der Waals surface area contributed by atoms with Crippen LogP contribution in [0.5, 0.6) is 5.75 Å². The highest BCUT2D eigenvalue weighted by Gasteiger charge is 2.27. The van der Waals surface area contributed by atoms with E-state index in [2.05, 4.69) is 17.4 Å². The number of hydrogen-bond acceptors (Lipinski definition) is 4. The largest absolute Gasteiger partial charge is 0.493 e. The van der Waals surface area contributed by atoms with Gasteiger partial charge in [-0.05, 0) is 35.2 Å². The lowest BCUT2D eigenvalue weighted by Gasteiger charge is -2.21. The lowest BCUT2D eigenvalue weighted by Crippen LogP contribution is -2.39. The summed E-state index contributed by atoms with van der Waals surface area (Å²) in [6.07, 6.45) is 1.76. The molecule has 25 heavy (non-hydrogen) atoms. The number of ether oxygens (including phenoxy) is 1. The second-order valence-electron chi connectivity index (χ2n) is 6.19. The first kappa shape index (κ1) is 17.2. The zero-order chi connectivity index (χ0) is 17.6. The van der Waals surface area contributed by atoms with Crippen molar-refractivity contribution in [3.05, 3.63) is 65.2 Å². The highest BCUT2D eigenvalue weighted by molar-refractivity contribution is 6.00. The van der Waals surface area contributed by atoms with E-state index in [0.717, 1.165) is 23.3 Å². The van der Waals surface area contributed by atoms with E-state index in [-0.39, 0.29) is 17.7 Å². The van der Waals surface area contributed by atoms with E-state index in [4.69, 9.17) is 10.5 Å². The van der Waals surface area contributed by atoms with Gasteiger partial charge in [0.05, 0.1) is 12.5 Å². The van der Waals surface area contributed by atoms with E-state index in [0.29, 0.717) is 26.0 Å². The third-order valence-electron chi connectivity index (χ3n) is 4.44. The van der Waals surface area contributed by atoms with Gasteiger partial charge in [0.1, 0.15) is 5.75 Å². The molecule has 2 aromatic rings. The van der Waals surface area contributed by atoms with Gasteiger partial charge < -0.3 is 10.5 Å². The van der Waals surface area contributed by atoms with Gasteiger partial charge in [-0.25, -0.2) is 0 Å². The van der Waals surface area contributed by atoms with Gasteiger partial charge in [-0.1, -0.05) is 36.4 Å². The summed E-state index contributed by atoms with van der Waals surface area (Å²) >= 11 is 0. The first-order valence-corrected chi connectivity index (χ1v) is 8.50. The molecule has 1 saturated heterocycles. The second kappa shape index (κ2) is 7.94. The Balaban J connectivity index is 1.52. The summed E-state index contributed by atoms with van der Waals surface area (Å²) in [4.78, 5) is 23.1. The molecule has 1 aliphatic rings. The fourth-order valence-corrected chi connectivity index (χ4v) is 2.94. The monoisotopic (exact) mass is 338 g/mol. The third-order valence-corrected chi connectivity index (χ3v) is 4.44. The summed E-state index contributed by atoms with van der Waals surface area (Å²) in [5.74, 6) is 0.106. The summed E-state index contributed by atoms with van der Waals surface area (Å²) in [5.41, 5.74) is 8.83. The van der Waals surface area contributed by atoms with Gasteiger partial charge in [0, 0.05) is 19.4 Å². The topological polar surface area (TPSA) is 81.4 Å². The highest BCUT2D eigenvalue weighted by atomic mass is 16.5. The number of nitrogens with one attached hydrogen (secondary N) is 1. The fourth-order valence-electron chi connectivity index (χ4n) is 2.94. The average Bonchev–Trinajstić information content (AvgIpc) is 2.63. The van der Waals surface area contributed by atoms with E-state index in [1.807, 2.05) is 36.4 Å². The Morgan fingerprint density at radius 3 is 2.32 bits per heavy atom. The van der Waals surface area contributed by atoms with Crippen molar-refractivity contribution in [2.24, 2.45) is 5.73 Å². The van der Waals surface area contributed by atoms with Crippen LogP contribution in [0.2, 0.25) is 0 Å². The number of nitrogens with two attached hydrogens (primary N) is 1. The maximum atomic E-state index is 11.9. The van der Waals surface area contributed by atoms with Crippen LogP contribution in [-0.4, -0.2) is 18.4 Å². The first-order valence-electron chi connectivity index (χ1n) is 8.50. The van der Waals surface area contributed by atoms with Crippen molar-refractivity contribution in [3.63, 3.8) is 0 Å². The molecule has 3 N–H and O–H groups in total. The molecular formula is C20H22N2O3. The molecule has 0 saturated carbocycles. The minimum Gasteiger partial charge on any atom is -0.493 e. The Labute approximate surface area is 147 Å². The van der Waals surface area contributed by atoms with E-state index in [1.165, 1.54) is 5.56 Å². The molecule has 0 aromatic heterocycles. The number of amides is 2. The van der Waals surface area contributed by atoms with Crippen molar-refractivity contribution in [1.82, 2.24) is 5.32 Å². The molecule has 1 atom stereocenters. The van der Waals surface area contributed by atoms with Crippen LogP contribution in [0.1, 0.15) is 35.4 Å². The molecule has 1 unspecified atom stereocenters. The van der Waals surface area contributed by atoms with Crippen LogP contribution in [0.4, 0.5) is 0 Å². The summed E-state index contributed by atoms with van der Waals surface area (Å²) in [7, 11) is 0. The van der Waals surface area contributed by atoms with Crippen LogP contribution < -0.4 is 15.8 Å². The Bertz CT molecular complexity index is 739. The Kier molecular flexibility index (Phi) is 5.46. The molecule has 2 aromatic carbocycles. The van der Waals surface area contributed by atoms with Gasteiger partial charge >= 0.3 is 0 Å². The predicted octanol–water partition coefficient (Wildman–Crippen LogP) is 2.29. The number of carbonyl (C=O) groups excluding carboxylic acids is 2. The van der Waals surface area contributed by atoms with Crippen molar-refractivity contribution < 1.29 is 14.3 Å². The van der Waals surface area contributed by atoms with Crippen LogP contribution in [0, 0.1) is 0 Å². The second-order valence-corrected chi connectivity index (χ2v) is 6.19. The van der Waals surface area contributed by atoms with E-state index >= 15 is 0 Å². The number of rotatable bonds is 6. The van der Waals surface area contributed by atoms with Crippen molar-refractivity contribution in [2.45, 2.75) is 31.7 Å². The number of benzene rings is 2. The van der Waals surface area contributed by atoms with Crippen LogP contribution in [-0.2, 0) is 22.6 Å². The first-order chi connectivity index (χ1) is 12.2. The maximum Gasteiger partial charge on any atom is 0.234 e. The normalized spacial score (nSPS) is 17.2. The summed E-state index contributed by atoms with van der Waals surface area (Å²) in [6.45, 7) is 1.13. The van der Waals surface area contributed by atoms with Crippen molar-refractivity contribution in [2.75, 3.05) is 6.61 Å². The molecule has 2 amide bonds. The van der Waals surface area contributed by atoms with Gasteiger partial charge in [-0.3, -0.25) is 14.9 Å². The number of imide groups is 1. The van der Waals surface area contributed by atoms with Crippen molar-refractivity contribution >= 4 is 11.8 Å². The Morgan fingerprint density at radius 2 is 1.68 bits per heavy atom. The standard InChI is InChI=1S/C20H22N2O3/c21-13-15-3-1-14(2-4-15)11-12-25-17-7-5-16(6-8-17)18-9-10-19(23)22-20(18)24/h1-8,18H,9-13,21H2,(H,22,23,24). The summed E-state index contributed by atoms with van der Waals surface area (Å²) in [6, 6.07) is 15.7. The Morgan fingerprint density at radius 1 is 1.00 bits per heavy atom. The maximum absolute atomic E-state index is 11.9. The SMILES string of the molecule is NCc1ccc(CCOc2ccc(C3CCC(=O)NC3=O)cc2)cc1. The fraction of sp³-hybridized carbons (Fsp3) is 0.300. The van der Waals surface area contributed by atoms with Crippen LogP contribution >= 0.6 is 0 Å². The minimum absolute atomic E-state index is 0.194. The van der Waals surface area contributed by atoms with Crippen molar-refractivity contribution in [3.8, 4) is 5.75 Å². The molecule has 3 rings (SSSR count).